The smallest absolute Gasteiger partial charge is 0.262 e. The van der Waals surface area contributed by atoms with Crippen LogP contribution in [0.25, 0.3) is 10.2 Å². The number of carbonyl (C=O) groups is 1. The Bertz CT molecular complexity index is 1480. The number of benzene rings is 3. The molecule has 1 amide bonds. The number of nitrogens with one attached hydrogen (secondary N) is 1. The number of hydrogen-bond acceptors (Lipinski definition) is 6. The van der Waals surface area contributed by atoms with Crippen LogP contribution in [0.1, 0.15) is 21.5 Å². The highest BCUT2D eigenvalue weighted by Crippen LogP contribution is 2.32. The van der Waals surface area contributed by atoms with Gasteiger partial charge in [-0.15, -0.1) is 12.4 Å². The third kappa shape index (κ3) is 6.45. The minimum Gasteiger partial charge on any atom is -0.308 e. The van der Waals surface area contributed by atoms with Crippen LogP contribution < -0.4 is 9.62 Å². The molecule has 3 aromatic carbocycles. The van der Waals surface area contributed by atoms with E-state index in [1.54, 1.807) is 23.1 Å². The summed E-state index contributed by atoms with van der Waals surface area (Å²) in [7, 11) is -0.211. The van der Waals surface area contributed by atoms with E-state index in [-0.39, 0.29) is 34.5 Å². The summed E-state index contributed by atoms with van der Waals surface area (Å²) in [6.07, 6.45) is 0. The molecule has 11 heteroatoms. The quantitative estimate of drug-likeness (QED) is 0.307. The summed E-state index contributed by atoms with van der Waals surface area (Å²) in [5.74, 6) is -0.913. The van der Waals surface area contributed by atoms with Crippen molar-refractivity contribution in [2.45, 2.75) is 18.7 Å². The minimum absolute atomic E-state index is 0. The highest BCUT2D eigenvalue weighted by Gasteiger charge is 2.25. The third-order valence-corrected chi connectivity index (χ3v) is 8.19. The number of halogens is 2. The molecule has 0 aliphatic rings. The van der Waals surface area contributed by atoms with Gasteiger partial charge in [-0.05, 0) is 87.6 Å². The average Bonchev–Trinajstić information content (AvgIpc) is 3.21. The van der Waals surface area contributed by atoms with Crippen LogP contribution in [0, 0.1) is 19.7 Å². The molecule has 1 N–H and O–H groups in total. The van der Waals surface area contributed by atoms with E-state index < -0.39 is 15.8 Å². The first-order valence-corrected chi connectivity index (χ1v) is 13.6. The standard InChI is InChI=1S/C26H27FN4O3S2.ClH/c1-17-15-23-24(16-18(17)2)35-26(28-23)31(14-13-30(3)4)25(32)21-7-5-6-8-22(21)29-36(33,34)20-11-9-19(27)10-12-20;/h5-12,15-16,29H,13-14H2,1-4H3;1H. The Morgan fingerprint density at radius 2 is 1.65 bits per heavy atom. The van der Waals surface area contributed by atoms with Crippen molar-refractivity contribution >= 4 is 60.7 Å². The molecule has 0 saturated heterocycles. The molecule has 37 heavy (non-hydrogen) atoms. The zero-order valence-corrected chi connectivity index (χ0v) is 23.3. The van der Waals surface area contributed by atoms with Gasteiger partial charge in [0.25, 0.3) is 15.9 Å². The van der Waals surface area contributed by atoms with Gasteiger partial charge in [-0.2, -0.15) is 0 Å². The molecular formula is C26H28ClFN4O3S2. The van der Waals surface area contributed by atoms with Crippen LogP contribution in [0.3, 0.4) is 0 Å². The topological polar surface area (TPSA) is 82.6 Å². The number of carbonyl (C=O) groups excluding carboxylic acids is 1. The zero-order chi connectivity index (χ0) is 26.0. The predicted octanol–water partition coefficient (Wildman–Crippen LogP) is 5.48. The van der Waals surface area contributed by atoms with Crippen molar-refractivity contribution in [1.82, 2.24) is 9.88 Å². The molecule has 0 aliphatic carbocycles. The van der Waals surface area contributed by atoms with E-state index in [0.717, 1.165) is 33.5 Å². The second-order valence-electron chi connectivity index (χ2n) is 8.77. The lowest BCUT2D eigenvalue weighted by Crippen LogP contribution is -2.37. The molecule has 0 atom stereocenters. The lowest BCUT2D eigenvalue weighted by Gasteiger charge is -2.23. The van der Waals surface area contributed by atoms with Crippen molar-refractivity contribution in [3.63, 3.8) is 0 Å². The number of thiazole rings is 1. The number of amides is 1. The van der Waals surface area contributed by atoms with E-state index in [1.807, 2.05) is 38.9 Å². The molecule has 1 aromatic heterocycles. The van der Waals surface area contributed by atoms with Crippen LogP contribution >= 0.6 is 23.7 Å². The molecule has 4 aromatic rings. The molecule has 196 valence electrons. The zero-order valence-electron chi connectivity index (χ0n) is 20.9. The number of anilines is 2. The van der Waals surface area contributed by atoms with Gasteiger partial charge in [-0.3, -0.25) is 14.4 Å². The van der Waals surface area contributed by atoms with Gasteiger partial charge in [0.05, 0.1) is 26.4 Å². The van der Waals surface area contributed by atoms with E-state index in [2.05, 4.69) is 10.8 Å². The van der Waals surface area contributed by atoms with Crippen molar-refractivity contribution in [3.8, 4) is 0 Å². The summed E-state index contributed by atoms with van der Waals surface area (Å²) in [4.78, 5) is 22.0. The fraction of sp³-hybridized carbons (Fsp3) is 0.231. The summed E-state index contributed by atoms with van der Waals surface area (Å²) in [5, 5.41) is 0.540. The average molecular weight is 563 g/mol. The van der Waals surface area contributed by atoms with Crippen LogP contribution in [-0.4, -0.2) is 51.4 Å². The summed E-state index contributed by atoms with van der Waals surface area (Å²) >= 11 is 1.42. The Morgan fingerprint density at radius 1 is 1.00 bits per heavy atom. The SMILES string of the molecule is Cc1cc2nc(N(CCN(C)C)C(=O)c3ccccc3NS(=O)(=O)c3ccc(F)cc3)sc2cc1C.Cl. The highest BCUT2D eigenvalue weighted by molar-refractivity contribution is 7.92. The first-order chi connectivity index (χ1) is 17.0. The Labute approximate surface area is 226 Å². The second kappa shape index (κ2) is 11.6. The number of fused-ring (bicyclic) bond motifs is 1. The largest absolute Gasteiger partial charge is 0.308 e. The van der Waals surface area contributed by atoms with Crippen molar-refractivity contribution in [3.05, 3.63) is 83.2 Å². The number of rotatable bonds is 8. The fourth-order valence-corrected chi connectivity index (χ4v) is 5.74. The Kier molecular flexibility index (Phi) is 8.91. The molecule has 0 radical (unpaired) electrons. The number of aromatic nitrogens is 1. The van der Waals surface area contributed by atoms with Crippen LogP contribution in [0.5, 0.6) is 0 Å². The van der Waals surface area contributed by atoms with E-state index in [0.29, 0.717) is 18.2 Å². The van der Waals surface area contributed by atoms with Crippen molar-refractivity contribution in [2.75, 3.05) is 36.8 Å². The molecule has 0 spiro atoms. The minimum atomic E-state index is -4.04. The van der Waals surface area contributed by atoms with E-state index in [1.165, 1.54) is 29.5 Å². The van der Waals surface area contributed by atoms with Crippen molar-refractivity contribution in [1.29, 1.82) is 0 Å². The summed E-state index contributed by atoms with van der Waals surface area (Å²) < 4.78 is 42.7. The summed E-state index contributed by atoms with van der Waals surface area (Å²) in [6.45, 7) is 5.00. The van der Waals surface area contributed by atoms with Crippen molar-refractivity contribution < 1.29 is 17.6 Å². The van der Waals surface area contributed by atoms with Gasteiger partial charge in [0.15, 0.2) is 5.13 Å². The fourth-order valence-electron chi connectivity index (χ4n) is 3.59. The maximum Gasteiger partial charge on any atom is 0.262 e. The second-order valence-corrected chi connectivity index (χ2v) is 11.5. The van der Waals surface area contributed by atoms with Gasteiger partial charge in [0.2, 0.25) is 0 Å². The normalized spacial score (nSPS) is 11.4. The van der Waals surface area contributed by atoms with Crippen LogP contribution in [-0.2, 0) is 10.0 Å². The first-order valence-electron chi connectivity index (χ1n) is 11.3. The first kappa shape index (κ1) is 28.5. The van der Waals surface area contributed by atoms with Gasteiger partial charge < -0.3 is 4.90 Å². The number of sulfonamides is 1. The molecule has 0 bridgehead atoms. The monoisotopic (exact) mass is 562 g/mol. The van der Waals surface area contributed by atoms with E-state index >= 15 is 0 Å². The number of aryl methyl sites for hydroxylation is 2. The van der Waals surface area contributed by atoms with E-state index in [9.17, 15) is 17.6 Å². The maximum atomic E-state index is 13.8. The van der Waals surface area contributed by atoms with Crippen LogP contribution in [0.2, 0.25) is 0 Å². The molecule has 0 aliphatic heterocycles. The molecule has 1 heterocycles. The molecule has 0 unspecified atom stereocenters. The number of likely N-dealkylation sites (N-methyl/N-ethyl adjacent to an activating group) is 1. The Balaban J connectivity index is 0.00000380. The van der Waals surface area contributed by atoms with Gasteiger partial charge in [0.1, 0.15) is 5.82 Å². The van der Waals surface area contributed by atoms with Gasteiger partial charge in [0, 0.05) is 13.1 Å². The molecular weight excluding hydrogens is 535 g/mol. The summed E-state index contributed by atoms with van der Waals surface area (Å²) in [6, 6.07) is 15.0. The molecule has 0 saturated carbocycles. The molecule has 0 fully saturated rings. The van der Waals surface area contributed by atoms with Crippen molar-refractivity contribution in [2.24, 2.45) is 0 Å². The van der Waals surface area contributed by atoms with Crippen LogP contribution in [0.4, 0.5) is 15.2 Å². The van der Waals surface area contributed by atoms with Crippen LogP contribution in [0.15, 0.2) is 65.6 Å². The molecule has 4 rings (SSSR count). The molecule has 7 nitrogen and oxygen atoms in total. The lowest BCUT2D eigenvalue weighted by molar-refractivity contribution is 0.0986. The van der Waals surface area contributed by atoms with Gasteiger partial charge in [-0.25, -0.2) is 17.8 Å². The highest BCUT2D eigenvalue weighted by atomic mass is 35.5. The summed E-state index contributed by atoms with van der Waals surface area (Å²) in [5.41, 5.74) is 3.39. The maximum absolute atomic E-state index is 13.8. The lowest BCUT2D eigenvalue weighted by atomic mass is 10.1. The third-order valence-electron chi connectivity index (χ3n) is 5.77. The Hall–Kier alpha value is -3.05. The Morgan fingerprint density at radius 3 is 2.32 bits per heavy atom. The van der Waals surface area contributed by atoms with E-state index in [4.69, 9.17) is 4.98 Å². The number of para-hydroxylation sites is 1. The van der Waals surface area contributed by atoms with Gasteiger partial charge in [-0.1, -0.05) is 23.5 Å². The van der Waals surface area contributed by atoms with Gasteiger partial charge >= 0.3 is 0 Å². The number of hydrogen-bond donors (Lipinski definition) is 1. The number of nitrogens with zero attached hydrogens (tertiary/aromatic N) is 3. The predicted molar refractivity (Wildman–Crippen MR) is 150 cm³/mol.